The van der Waals surface area contributed by atoms with E-state index in [1.807, 2.05) is 28.9 Å². The Balaban J connectivity index is 1.34. The van der Waals surface area contributed by atoms with E-state index in [1.165, 1.54) is 23.4 Å². The highest BCUT2D eigenvalue weighted by Crippen LogP contribution is 2.13. The highest BCUT2D eigenvalue weighted by molar-refractivity contribution is 5.46. The number of aromatic nitrogens is 2. The molecule has 0 aliphatic carbocycles. The summed E-state index contributed by atoms with van der Waals surface area (Å²) in [7, 11) is 0. The Morgan fingerprint density at radius 1 is 0.833 bits per heavy atom. The first kappa shape index (κ1) is 15.3. The molecule has 0 N–H and O–H groups in total. The number of benzene rings is 1. The van der Waals surface area contributed by atoms with Gasteiger partial charge in [0, 0.05) is 45.5 Å². The molecule has 1 fully saturated rings. The Morgan fingerprint density at radius 2 is 1.54 bits per heavy atom. The second kappa shape index (κ2) is 6.71. The van der Waals surface area contributed by atoms with Crippen LogP contribution in [0.25, 0.3) is 5.52 Å². The Labute approximate surface area is 141 Å². The predicted molar refractivity (Wildman–Crippen MR) is 92.1 cm³/mol. The minimum Gasteiger partial charge on any atom is -0.297 e. The third kappa shape index (κ3) is 3.32. The molecular weight excluding hydrogens is 303 g/mol. The first-order valence-electron chi connectivity index (χ1n) is 8.39. The lowest BCUT2D eigenvalue weighted by atomic mass is 10.2. The minimum atomic E-state index is -0.170. The van der Waals surface area contributed by atoms with E-state index in [2.05, 4.69) is 33.1 Å². The molecule has 1 saturated heterocycles. The molecule has 0 amide bonds. The third-order valence-corrected chi connectivity index (χ3v) is 4.67. The van der Waals surface area contributed by atoms with Gasteiger partial charge in [0.05, 0.1) is 11.2 Å². The lowest BCUT2D eigenvalue weighted by molar-refractivity contribution is 0.120. The van der Waals surface area contributed by atoms with Crippen LogP contribution in [0.15, 0.2) is 54.7 Å². The zero-order valence-corrected chi connectivity index (χ0v) is 13.6. The number of nitrogens with zero attached hydrogens (tertiary/aromatic N) is 4. The highest BCUT2D eigenvalue weighted by Gasteiger charge is 2.18. The third-order valence-electron chi connectivity index (χ3n) is 4.67. The van der Waals surface area contributed by atoms with Gasteiger partial charge in [-0.2, -0.15) is 5.10 Å². The van der Waals surface area contributed by atoms with Crippen LogP contribution in [0.5, 0.6) is 0 Å². The first-order valence-corrected chi connectivity index (χ1v) is 8.39. The van der Waals surface area contributed by atoms with Crippen molar-refractivity contribution in [3.05, 3.63) is 71.8 Å². The van der Waals surface area contributed by atoms with Gasteiger partial charge in [0.25, 0.3) is 0 Å². The molecule has 0 unspecified atom stereocenters. The van der Waals surface area contributed by atoms with Crippen molar-refractivity contribution in [2.45, 2.75) is 13.1 Å². The van der Waals surface area contributed by atoms with Crippen molar-refractivity contribution in [1.29, 1.82) is 0 Å². The van der Waals surface area contributed by atoms with Gasteiger partial charge < -0.3 is 0 Å². The molecule has 0 radical (unpaired) electrons. The van der Waals surface area contributed by atoms with E-state index in [1.54, 1.807) is 0 Å². The average Bonchev–Trinajstić information content (AvgIpc) is 3.08. The summed E-state index contributed by atoms with van der Waals surface area (Å²) in [4.78, 5) is 4.90. The van der Waals surface area contributed by atoms with Gasteiger partial charge >= 0.3 is 0 Å². The van der Waals surface area contributed by atoms with Crippen LogP contribution in [0.3, 0.4) is 0 Å². The molecule has 4 nitrogen and oxygen atoms in total. The number of hydrogen-bond donors (Lipinski definition) is 0. The first-order chi connectivity index (χ1) is 11.8. The second-order valence-corrected chi connectivity index (χ2v) is 6.36. The molecule has 0 spiro atoms. The maximum atomic E-state index is 13.0. The molecule has 0 atom stereocenters. The fraction of sp³-hybridized carbons (Fsp3) is 0.316. The normalized spacial score (nSPS) is 16.7. The minimum absolute atomic E-state index is 0.170. The van der Waals surface area contributed by atoms with Crippen molar-refractivity contribution < 1.29 is 4.39 Å². The quantitative estimate of drug-likeness (QED) is 0.737. The van der Waals surface area contributed by atoms with Crippen LogP contribution >= 0.6 is 0 Å². The van der Waals surface area contributed by atoms with Crippen molar-refractivity contribution in [1.82, 2.24) is 19.4 Å². The van der Waals surface area contributed by atoms with Crippen molar-refractivity contribution in [3.63, 3.8) is 0 Å². The summed E-state index contributed by atoms with van der Waals surface area (Å²) in [6.07, 6.45) is 1.85. The lowest BCUT2D eigenvalue weighted by Crippen LogP contribution is -2.45. The van der Waals surface area contributed by atoms with E-state index in [0.717, 1.165) is 44.8 Å². The molecule has 3 aromatic rings. The Bertz CT molecular complexity index is 804. The van der Waals surface area contributed by atoms with E-state index in [4.69, 9.17) is 0 Å². The van der Waals surface area contributed by atoms with Crippen LogP contribution in [0.2, 0.25) is 0 Å². The van der Waals surface area contributed by atoms with Crippen LogP contribution in [0, 0.1) is 5.82 Å². The Morgan fingerprint density at radius 3 is 2.29 bits per heavy atom. The molecule has 2 aromatic heterocycles. The summed E-state index contributed by atoms with van der Waals surface area (Å²) < 4.78 is 15.0. The highest BCUT2D eigenvalue weighted by atomic mass is 19.1. The van der Waals surface area contributed by atoms with Crippen LogP contribution in [-0.4, -0.2) is 45.6 Å². The van der Waals surface area contributed by atoms with E-state index in [-0.39, 0.29) is 5.82 Å². The molecule has 1 aliphatic rings. The smallest absolute Gasteiger partial charge is 0.123 e. The molecular formula is C19H21FN4. The van der Waals surface area contributed by atoms with Crippen LogP contribution in [0.1, 0.15) is 11.3 Å². The molecule has 3 heterocycles. The van der Waals surface area contributed by atoms with E-state index >= 15 is 0 Å². The van der Waals surface area contributed by atoms with Crippen molar-refractivity contribution >= 4 is 5.52 Å². The fourth-order valence-electron chi connectivity index (χ4n) is 3.31. The monoisotopic (exact) mass is 324 g/mol. The van der Waals surface area contributed by atoms with E-state index < -0.39 is 0 Å². The number of rotatable bonds is 4. The number of piperazine rings is 1. The van der Waals surface area contributed by atoms with Crippen LogP contribution in [-0.2, 0) is 13.1 Å². The largest absolute Gasteiger partial charge is 0.297 e. The SMILES string of the molecule is Fc1ccc(CN2CCN(Cc3cccc4ccnn34)CC2)cc1. The zero-order chi connectivity index (χ0) is 16.4. The van der Waals surface area contributed by atoms with Crippen molar-refractivity contribution in [3.8, 4) is 0 Å². The summed E-state index contributed by atoms with van der Waals surface area (Å²) in [5, 5.41) is 4.41. The van der Waals surface area contributed by atoms with Crippen LogP contribution in [0.4, 0.5) is 4.39 Å². The molecule has 0 bridgehead atoms. The summed E-state index contributed by atoms with van der Waals surface area (Å²) in [5.74, 6) is -0.170. The second-order valence-electron chi connectivity index (χ2n) is 6.36. The Hall–Kier alpha value is -2.24. The maximum absolute atomic E-state index is 13.0. The van der Waals surface area contributed by atoms with Crippen LogP contribution < -0.4 is 0 Å². The summed E-state index contributed by atoms with van der Waals surface area (Å²) in [6.45, 7) is 5.96. The lowest BCUT2D eigenvalue weighted by Gasteiger charge is -2.34. The number of fused-ring (bicyclic) bond motifs is 1. The number of hydrogen-bond acceptors (Lipinski definition) is 3. The molecule has 5 heteroatoms. The van der Waals surface area contributed by atoms with Crippen molar-refractivity contribution in [2.75, 3.05) is 26.2 Å². The summed E-state index contributed by atoms with van der Waals surface area (Å²) >= 11 is 0. The van der Waals surface area contributed by atoms with Crippen molar-refractivity contribution in [2.24, 2.45) is 0 Å². The van der Waals surface area contributed by atoms with Gasteiger partial charge in [-0.05, 0) is 35.9 Å². The maximum Gasteiger partial charge on any atom is 0.123 e. The molecule has 24 heavy (non-hydrogen) atoms. The zero-order valence-electron chi connectivity index (χ0n) is 13.6. The standard InChI is InChI=1S/C19H21FN4/c20-17-6-4-16(5-7-17)14-22-10-12-23(13-11-22)15-19-3-1-2-18-8-9-21-24(18)19/h1-9H,10-15H2. The van der Waals surface area contributed by atoms with Gasteiger partial charge in [-0.25, -0.2) is 8.91 Å². The molecule has 124 valence electrons. The van der Waals surface area contributed by atoms with Gasteiger partial charge in [0.2, 0.25) is 0 Å². The number of halogens is 1. The fourth-order valence-corrected chi connectivity index (χ4v) is 3.31. The number of pyridine rings is 1. The van der Waals surface area contributed by atoms with Gasteiger partial charge in [0.1, 0.15) is 5.82 Å². The average molecular weight is 324 g/mol. The molecule has 1 aromatic carbocycles. The molecule has 4 rings (SSSR count). The molecule has 0 saturated carbocycles. The summed E-state index contributed by atoms with van der Waals surface area (Å²) in [6, 6.07) is 15.2. The van der Waals surface area contributed by atoms with Gasteiger partial charge in [0.15, 0.2) is 0 Å². The topological polar surface area (TPSA) is 23.8 Å². The van der Waals surface area contributed by atoms with E-state index in [0.29, 0.717) is 0 Å². The predicted octanol–water partition coefficient (Wildman–Crippen LogP) is 2.79. The van der Waals surface area contributed by atoms with E-state index in [9.17, 15) is 4.39 Å². The summed E-state index contributed by atoms with van der Waals surface area (Å²) in [5.41, 5.74) is 3.54. The molecule has 1 aliphatic heterocycles. The Kier molecular flexibility index (Phi) is 4.28. The van der Waals surface area contributed by atoms with Gasteiger partial charge in [-0.1, -0.05) is 18.2 Å². The van der Waals surface area contributed by atoms with Gasteiger partial charge in [-0.3, -0.25) is 9.80 Å². The van der Waals surface area contributed by atoms with Gasteiger partial charge in [-0.15, -0.1) is 0 Å².